The smallest absolute Gasteiger partial charge is 0.227 e. The Morgan fingerprint density at radius 2 is 1.73 bits per heavy atom. The Hall–Kier alpha value is -5.25. The molecule has 55 heavy (non-hydrogen) atoms. The van der Waals surface area contributed by atoms with Crippen LogP contribution >= 0.6 is 0 Å². The van der Waals surface area contributed by atoms with Gasteiger partial charge in [0.25, 0.3) is 0 Å². The van der Waals surface area contributed by atoms with Gasteiger partial charge < -0.3 is 29.1 Å². The Labute approximate surface area is 321 Å². The van der Waals surface area contributed by atoms with Crippen LogP contribution in [0.3, 0.4) is 0 Å². The lowest BCUT2D eigenvalue weighted by Crippen LogP contribution is -2.47. The monoisotopic (exact) mass is 740 g/mol. The van der Waals surface area contributed by atoms with Crippen LogP contribution in [0.15, 0.2) is 71.3 Å². The number of methoxy groups -OCH3 is 2. The van der Waals surface area contributed by atoms with E-state index in [-0.39, 0.29) is 6.04 Å². The Morgan fingerprint density at radius 3 is 2.47 bits per heavy atom. The van der Waals surface area contributed by atoms with Crippen molar-refractivity contribution in [1.29, 1.82) is 5.26 Å². The molecule has 2 unspecified atom stereocenters. The number of benzene rings is 4. The number of aliphatic hydroxyl groups is 1. The van der Waals surface area contributed by atoms with Gasteiger partial charge in [0.05, 0.1) is 55.5 Å². The lowest BCUT2D eigenvalue weighted by atomic mass is 9.94. The molecule has 8 rings (SSSR count). The zero-order valence-electron chi connectivity index (χ0n) is 32.0. The van der Waals surface area contributed by atoms with E-state index in [1.165, 1.54) is 32.1 Å². The standard InChI is InChI=1S/C44H48N6O5/c1-27-32(12-8-13-33(27)44-48-37-19-28(18-29(22-45)43(37)55-44)23-46-30-10-6-5-7-11-30)34-14-9-15-38-35(34)24-47-50(38)31-20-41(52-3)36(42(21-31)53-4)25-49(2)39-16-17-54-26-40(39)51/h8-9,12-15,18-21,24,30,39-40,46,51H,5-7,10-11,16-17,23,25-26H2,1-4H3. The number of nitrogens with one attached hydrogen (secondary N) is 1. The lowest BCUT2D eigenvalue weighted by Gasteiger charge is -2.35. The Morgan fingerprint density at radius 1 is 0.982 bits per heavy atom. The minimum Gasteiger partial charge on any atom is -0.496 e. The van der Waals surface area contributed by atoms with E-state index in [9.17, 15) is 10.4 Å². The number of nitriles is 1. The number of aromatic nitrogens is 3. The van der Waals surface area contributed by atoms with Gasteiger partial charge in [0.15, 0.2) is 5.58 Å². The highest BCUT2D eigenvalue weighted by Gasteiger charge is 2.29. The predicted molar refractivity (Wildman–Crippen MR) is 212 cm³/mol. The van der Waals surface area contributed by atoms with Crippen LogP contribution in [0.4, 0.5) is 0 Å². The van der Waals surface area contributed by atoms with Crippen molar-refractivity contribution in [3.63, 3.8) is 0 Å². The van der Waals surface area contributed by atoms with Crippen LogP contribution in [-0.2, 0) is 17.8 Å². The molecule has 2 fully saturated rings. The lowest BCUT2D eigenvalue weighted by molar-refractivity contribution is -0.0606. The van der Waals surface area contributed by atoms with Crippen molar-refractivity contribution in [1.82, 2.24) is 25.0 Å². The highest BCUT2D eigenvalue weighted by atomic mass is 16.5. The van der Waals surface area contributed by atoms with Crippen molar-refractivity contribution in [2.24, 2.45) is 0 Å². The summed E-state index contributed by atoms with van der Waals surface area (Å²) in [5.41, 5.74) is 9.30. The van der Waals surface area contributed by atoms with E-state index in [0.717, 1.165) is 56.4 Å². The molecular weight excluding hydrogens is 693 g/mol. The van der Waals surface area contributed by atoms with Gasteiger partial charge in [-0.2, -0.15) is 10.4 Å². The third-order valence-corrected chi connectivity index (χ3v) is 11.4. The summed E-state index contributed by atoms with van der Waals surface area (Å²) < 4.78 is 25.6. The molecule has 1 aliphatic heterocycles. The van der Waals surface area contributed by atoms with Crippen LogP contribution < -0.4 is 14.8 Å². The van der Waals surface area contributed by atoms with Gasteiger partial charge in [0.1, 0.15) is 23.1 Å². The molecule has 2 aliphatic rings. The Bertz CT molecular complexity index is 2350. The second-order valence-electron chi connectivity index (χ2n) is 14.9. The summed E-state index contributed by atoms with van der Waals surface area (Å²) in [5.74, 6) is 1.84. The van der Waals surface area contributed by atoms with E-state index in [0.29, 0.717) is 66.4 Å². The molecule has 1 aliphatic carbocycles. The topological polar surface area (TPSA) is 131 Å². The van der Waals surface area contributed by atoms with Crippen LogP contribution in [0, 0.1) is 18.3 Å². The van der Waals surface area contributed by atoms with Crippen LogP contribution in [0.25, 0.3) is 50.3 Å². The predicted octanol–water partition coefficient (Wildman–Crippen LogP) is 7.70. The van der Waals surface area contributed by atoms with E-state index in [1.807, 2.05) is 60.4 Å². The van der Waals surface area contributed by atoms with Crippen LogP contribution in [0.5, 0.6) is 11.5 Å². The summed E-state index contributed by atoms with van der Waals surface area (Å²) in [5, 5.41) is 30.2. The molecule has 11 heteroatoms. The molecule has 6 aromatic rings. The Kier molecular flexibility index (Phi) is 10.6. The maximum Gasteiger partial charge on any atom is 0.227 e. The molecule has 3 heterocycles. The van der Waals surface area contributed by atoms with Gasteiger partial charge in [-0.1, -0.05) is 43.5 Å². The number of hydrogen-bond acceptors (Lipinski definition) is 10. The molecule has 2 atom stereocenters. The maximum absolute atomic E-state index is 10.6. The van der Waals surface area contributed by atoms with Gasteiger partial charge in [-0.3, -0.25) is 4.90 Å². The first-order chi connectivity index (χ1) is 26.9. The van der Waals surface area contributed by atoms with E-state index >= 15 is 0 Å². The molecule has 0 radical (unpaired) electrons. The van der Waals surface area contributed by atoms with Crippen molar-refractivity contribution < 1.29 is 23.7 Å². The van der Waals surface area contributed by atoms with Crippen LogP contribution in [-0.4, -0.2) is 77.4 Å². The zero-order chi connectivity index (χ0) is 38.1. The second-order valence-corrected chi connectivity index (χ2v) is 14.9. The Balaban J connectivity index is 1.11. The molecule has 0 spiro atoms. The van der Waals surface area contributed by atoms with Gasteiger partial charge >= 0.3 is 0 Å². The summed E-state index contributed by atoms with van der Waals surface area (Å²) in [6.07, 6.45) is 8.34. The molecule has 11 nitrogen and oxygen atoms in total. The van der Waals surface area contributed by atoms with Crippen molar-refractivity contribution >= 4 is 22.0 Å². The first-order valence-electron chi connectivity index (χ1n) is 19.2. The third-order valence-electron chi connectivity index (χ3n) is 11.4. The van der Waals surface area contributed by atoms with Crippen molar-refractivity contribution in [2.75, 3.05) is 34.5 Å². The van der Waals surface area contributed by atoms with E-state index in [1.54, 1.807) is 14.2 Å². The quantitative estimate of drug-likeness (QED) is 0.136. The average Bonchev–Trinajstić information content (AvgIpc) is 3.85. The molecule has 1 saturated carbocycles. The van der Waals surface area contributed by atoms with E-state index in [4.69, 9.17) is 28.7 Å². The molecule has 1 saturated heterocycles. The number of ether oxygens (including phenoxy) is 3. The summed E-state index contributed by atoms with van der Waals surface area (Å²) in [6, 6.07) is 23.1. The van der Waals surface area contributed by atoms with Crippen LogP contribution in [0.2, 0.25) is 0 Å². The number of hydrogen-bond donors (Lipinski definition) is 2. The summed E-state index contributed by atoms with van der Waals surface area (Å²) in [7, 11) is 5.33. The van der Waals surface area contributed by atoms with Crippen molar-refractivity contribution in [2.45, 2.75) is 76.7 Å². The zero-order valence-corrected chi connectivity index (χ0v) is 32.0. The molecule has 284 valence electrons. The van der Waals surface area contributed by atoms with Gasteiger partial charge in [0, 0.05) is 54.9 Å². The maximum atomic E-state index is 10.6. The SMILES string of the molecule is COc1cc(-n2ncc3c(-c4cccc(-c5nc6cc(CNC7CCCCC7)cc(C#N)c6o5)c4C)cccc32)cc(OC)c1CN(C)C1CCOCC1O. The van der Waals surface area contributed by atoms with Gasteiger partial charge in [-0.25, -0.2) is 9.67 Å². The summed E-state index contributed by atoms with van der Waals surface area (Å²) in [4.78, 5) is 7.06. The van der Waals surface area contributed by atoms with Gasteiger partial charge in [0.2, 0.25) is 5.89 Å². The second kappa shape index (κ2) is 15.8. The first-order valence-corrected chi connectivity index (χ1v) is 19.2. The van der Waals surface area contributed by atoms with Gasteiger partial charge in [-0.05, 0) is 79.8 Å². The fourth-order valence-corrected chi connectivity index (χ4v) is 8.45. The minimum atomic E-state index is -0.554. The number of fused-ring (bicyclic) bond motifs is 2. The number of oxazole rings is 1. The van der Waals surface area contributed by atoms with Gasteiger partial charge in [-0.15, -0.1) is 0 Å². The molecule has 0 bridgehead atoms. The third kappa shape index (κ3) is 7.19. The highest BCUT2D eigenvalue weighted by molar-refractivity contribution is 5.97. The molecule has 2 aromatic heterocycles. The molecule has 0 amide bonds. The first kappa shape index (κ1) is 36.7. The summed E-state index contributed by atoms with van der Waals surface area (Å²) >= 11 is 0. The van der Waals surface area contributed by atoms with E-state index in [2.05, 4.69) is 41.4 Å². The molecular formula is C44H48N6O5. The van der Waals surface area contributed by atoms with Crippen molar-refractivity contribution in [3.8, 4) is 45.8 Å². The molecule has 2 N–H and O–H groups in total. The minimum absolute atomic E-state index is 0.0259. The van der Waals surface area contributed by atoms with E-state index < -0.39 is 6.10 Å². The fourth-order valence-electron chi connectivity index (χ4n) is 8.45. The number of likely N-dealkylation sites (N-methyl/N-ethyl adjacent to an activating group) is 1. The highest BCUT2D eigenvalue weighted by Crippen LogP contribution is 2.39. The largest absolute Gasteiger partial charge is 0.496 e. The molecule has 4 aromatic carbocycles. The normalized spacial score (nSPS) is 17.9. The van der Waals surface area contributed by atoms with Crippen molar-refractivity contribution in [3.05, 3.63) is 89.1 Å². The fraction of sp³-hybridized carbons (Fsp3) is 0.386. The summed E-state index contributed by atoms with van der Waals surface area (Å²) in [6.45, 7) is 4.27. The number of aliphatic hydroxyl groups excluding tert-OH is 1. The number of nitrogens with zero attached hydrogens (tertiary/aromatic N) is 5. The van der Waals surface area contributed by atoms with Crippen LogP contribution in [0.1, 0.15) is 60.8 Å². The number of rotatable bonds is 11. The average molecular weight is 741 g/mol.